The molecule has 2 heterocycles. The van der Waals surface area contributed by atoms with Crippen LogP contribution in [0.2, 0.25) is 0 Å². The lowest BCUT2D eigenvalue weighted by molar-refractivity contribution is 0.433. The number of hydrogen-bond acceptors (Lipinski definition) is 2. The van der Waals surface area contributed by atoms with E-state index in [0.717, 1.165) is 24.6 Å². The van der Waals surface area contributed by atoms with Crippen LogP contribution in [0.1, 0.15) is 22.9 Å². The standard InChI is InChI=1S/C14H17N3/c1-9-3-10(2)5-11(4-9)13-8-16-14(17-13)12-6-15-7-12/h3-5,8,12,15H,6-7H2,1-2H3,(H,16,17). The summed E-state index contributed by atoms with van der Waals surface area (Å²) >= 11 is 0. The van der Waals surface area contributed by atoms with Gasteiger partial charge in [0.25, 0.3) is 0 Å². The first-order valence-electron chi connectivity index (χ1n) is 6.06. The fourth-order valence-corrected chi connectivity index (χ4v) is 2.30. The van der Waals surface area contributed by atoms with Crippen LogP contribution >= 0.6 is 0 Å². The highest BCUT2D eigenvalue weighted by atomic mass is 15.0. The maximum atomic E-state index is 4.48. The van der Waals surface area contributed by atoms with Gasteiger partial charge in [-0.05, 0) is 26.0 Å². The maximum Gasteiger partial charge on any atom is 0.112 e. The van der Waals surface area contributed by atoms with Gasteiger partial charge in [-0.3, -0.25) is 0 Å². The second-order valence-electron chi connectivity index (χ2n) is 4.91. The summed E-state index contributed by atoms with van der Waals surface area (Å²) in [5, 5.41) is 3.27. The molecule has 1 fully saturated rings. The van der Waals surface area contributed by atoms with Crippen LogP contribution in [-0.2, 0) is 0 Å². The van der Waals surface area contributed by atoms with Crippen molar-refractivity contribution < 1.29 is 0 Å². The highest BCUT2D eigenvalue weighted by molar-refractivity contribution is 5.60. The summed E-state index contributed by atoms with van der Waals surface area (Å²) in [6.07, 6.45) is 1.95. The molecule has 1 aromatic heterocycles. The summed E-state index contributed by atoms with van der Waals surface area (Å²) in [7, 11) is 0. The smallest absolute Gasteiger partial charge is 0.112 e. The SMILES string of the molecule is Cc1cc(C)cc(-c2cnc(C3CNC3)[nH]2)c1. The van der Waals surface area contributed by atoms with Gasteiger partial charge >= 0.3 is 0 Å². The van der Waals surface area contributed by atoms with Crippen LogP contribution in [0.5, 0.6) is 0 Å². The van der Waals surface area contributed by atoms with Gasteiger partial charge in [-0.2, -0.15) is 0 Å². The Hall–Kier alpha value is -1.61. The second kappa shape index (κ2) is 4.00. The van der Waals surface area contributed by atoms with E-state index in [1.54, 1.807) is 0 Å². The summed E-state index contributed by atoms with van der Waals surface area (Å²) in [4.78, 5) is 7.91. The topological polar surface area (TPSA) is 40.7 Å². The van der Waals surface area contributed by atoms with E-state index in [0.29, 0.717) is 5.92 Å². The van der Waals surface area contributed by atoms with Crippen LogP contribution in [0.3, 0.4) is 0 Å². The summed E-state index contributed by atoms with van der Waals surface area (Å²) in [6, 6.07) is 6.59. The van der Waals surface area contributed by atoms with Crippen molar-refractivity contribution in [2.45, 2.75) is 19.8 Å². The average Bonchev–Trinajstić information content (AvgIpc) is 2.62. The molecule has 1 aromatic carbocycles. The van der Waals surface area contributed by atoms with Crippen molar-refractivity contribution in [2.75, 3.05) is 13.1 Å². The van der Waals surface area contributed by atoms with Crippen molar-refractivity contribution in [3.8, 4) is 11.3 Å². The third-order valence-electron chi connectivity index (χ3n) is 3.30. The largest absolute Gasteiger partial charge is 0.342 e. The minimum absolute atomic E-state index is 0.564. The Kier molecular flexibility index (Phi) is 2.48. The Labute approximate surface area is 101 Å². The molecule has 2 aromatic rings. The van der Waals surface area contributed by atoms with E-state index in [4.69, 9.17) is 0 Å². The van der Waals surface area contributed by atoms with Crippen LogP contribution in [0, 0.1) is 13.8 Å². The fraction of sp³-hybridized carbons (Fsp3) is 0.357. The summed E-state index contributed by atoms with van der Waals surface area (Å²) in [6.45, 7) is 6.34. The minimum Gasteiger partial charge on any atom is -0.342 e. The first-order chi connectivity index (χ1) is 8.22. The molecule has 0 aliphatic carbocycles. The number of benzene rings is 1. The fourth-order valence-electron chi connectivity index (χ4n) is 2.30. The van der Waals surface area contributed by atoms with E-state index in [2.05, 4.69) is 47.3 Å². The van der Waals surface area contributed by atoms with Crippen molar-refractivity contribution in [2.24, 2.45) is 0 Å². The van der Waals surface area contributed by atoms with E-state index in [1.807, 2.05) is 6.20 Å². The Morgan fingerprint density at radius 1 is 1.12 bits per heavy atom. The molecule has 17 heavy (non-hydrogen) atoms. The summed E-state index contributed by atoms with van der Waals surface area (Å²) < 4.78 is 0. The zero-order valence-electron chi connectivity index (χ0n) is 10.2. The number of aromatic amines is 1. The Morgan fingerprint density at radius 2 is 1.82 bits per heavy atom. The van der Waals surface area contributed by atoms with Crippen LogP contribution < -0.4 is 5.32 Å². The van der Waals surface area contributed by atoms with E-state index < -0.39 is 0 Å². The van der Waals surface area contributed by atoms with Gasteiger partial charge in [-0.25, -0.2) is 4.98 Å². The molecule has 0 bridgehead atoms. The van der Waals surface area contributed by atoms with Gasteiger partial charge in [-0.1, -0.05) is 17.2 Å². The number of H-pyrrole nitrogens is 1. The molecule has 1 aliphatic rings. The normalized spacial score (nSPS) is 15.9. The molecule has 3 nitrogen and oxygen atoms in total. The highest BCUT2D eigenvalue weighted by Crippen LogP contribution is 2.23. The third-order valence-corrected chi connectivity index (χ3v) is 3.30. The highest BCUT2D eigenvalue weighted by Gasteiger charge is 2.21. The lowest BCUT2D eigenvalue weighted by Gasteiger charge is -2.24. The van der Waals surface area contributed by atoms with E-state index in [1.165, 1.54) is 16.7 Å². The molecule has 2 N–H and O–H groups in total. The van der Waals surface area contributed by atoms with Gasteiger partial charge in [0, 0.05) is 24.6 Å². The first kappa shape index (κ1) is 10.5. The third kappa shape index (κ3) is 1.98. The van der Waals surface area contributed by atoms with Gasteiger partial charge in [-0.15, -0.1) is 0 Å². The summed E-state index contributed by atoms with van der Waals surface area (Å²) in [5.74, 6) is 1.67. The second-order valence-corrected chi connectivity index (χ2v) is 4.91. The molecule has 0 radical (unpaired) electrons. The Morgan fingerprint density at radius 3 is 2.41 bits per heavy atom. The molecule has 0 unspecified atom stereocenters. The Bertz CT molecular complexity index is 518. The molecule has 0 atom stereocenters. The van der Waals surface area contributed by atoms with E-state index in [-0.39, 0.29) is 0 Å². The molecule has 1 saturated heterocycles. The number of nitrogens with one attached hydrogen (secondary N) is 2. The molecule has 3 rings (SSSR count). The zero-order valence-corrected chi connectivity index (χ0v) is 10.2. The molecule has 0 saturated carbocycles. The van der Waals surface area contributed by atoms with Crippen LogP contribution in [0.4, 0.5) is 0 Å². The van der Waals surface area contributed by atoms with Crippen LogP contribution in [0.25, 0.3) is 11.3 Å². The quantitative estimate of drug-likeness (QED) is 0.827. The molecule has 0 amide bonds. The van der Waals surface area contributed by atoms with Crippen molar-refractivity contribution >= 4 is 0 Å². The van der Waals surface area contributed by atoms with Crippen LogP contribution in [-0.4, -0.2) is 23.1 Å². The number of aromatic nitrogens is 2. The molecule has 3 heteroatoms. The number of hydrogen-bond donors (Lipinski definition) is 2. The number of aryl methyl sites for hydroxylation is 2. The molecular formula is C14H17N3. The van der Waals surface area contributed by atoms with Crippen molar-refractivity contribution in [3.63, 3.8) is 0 Å². The van der Waals surface area contributed by atoms with Gasteiger partial charge in [0.05, 0.1) is 11.9 Å². The summed E-state index contributed by atoms with van der Waals surface area (Å²) in [5.41, 5.74) is 4.94. The van der Waals surface area contributed by atoms with Crippen molar-refractivity contribution in [1.29, 1.82) is 0 Å². The lowest BCUT2D eigenvalue weighted by atomic mass is 10.0. The van der Waals surface area contributed by atoms with Gasteiger partial charge < -0.3 is 10.3 Å². The predicted octanol–water partition coefficient (Wildman–Crippen LogP) is 2.38. The molecular weight excluding hydrogens is 210 g/mol. The minimum atomic E-state index is 0.564. The average molecular weight is 227 g/mol. The zero-order chi connectivity index (χ0) is 11.8. The van der Waals surface area contributed by atoms with E-state index >= 15 is 0 Å². The number of imidazole rings is 1. The maximum absolute atomic E-state index is 4.48. The predicted molar refractivity (Wildman–Crippen MR) is 69.1 cm³/mol. The molecule has 1 aliphatic heterocycles. The first-order valence-corrected chi connectivity index (χ1v) is 6.06. The lowest BCUT2D eigenvalue weighted by Crippen LogP contribution is -2.40. The van der Waals surface area contributed by atoms with Crippen molar-refractivity contribution in [1.82, 2.24) is 15.3 Å². The van der Waals surface area contributed by atoms with E-state index in [9.17, 15) is 0 Å². The van der Waals surface area contributed by atoms with Crippen LogP contribution in [0.15, 0.2) is 24.4 Å². The van der Waals surface area contributed by atoms with Crippen molar-refractivity contribution in [3.05, 3.63) is 41.3 Å². The molecule has 0 spiro atoms. The van der Waals surface area contributed by atoms with Gasteiger partial charge in [0.15, 0.2) is 0 Å². The number of rotatable bonds is 2. The monoisotopic (exact) mass is 227 g/mol. The van der Waals surface area contributed by atoms with Gasteiger partial charge in [0.1, 0.15) is 5.82 Å². The molecule has 88 valence electrons. The Balaban J connectivity index is 1.94. The van der Waals surface area contributed by atoms with Gasteiger partial charge in [0.2, 0.25) is 0 Å². The number of nitrogens with zero attached hydrogens (tertiary/aromatic N) is 1.